The van der Waals surface area contributed by atoms with Gasteiger partial charge in [0, 0.05) is 39.1 Å². The predicted octanol–water partition coefficient (Wildman–Crippen LogP) is 12.7. The minimum atomic E-state index is 1.10. The minimum Gasteiger partial charge on any atom is -0.311 e. The molecular formula is C46H32N2. The Kier molecular flexibility index (Phi) is 6.84. The van der Waals surface area contributed by atoms with E-state index in [1.54, 1.807) is 0 Å². The molecule has 0 saturated heterocycles. The Hall–Kier alpha value is -6.38. The van der Waals surface area contributed by atoms with Gasteiger partial charge >= 0.3 is 0 Å². The maximum absolute atomic E-state index is 2.45. The van der Waals surface area contributed by atoms with Crippen LogP contribution in [0.1, 0.15) is 0 Å². The fourth-order valence-corrected chi connectivity index (χ4v) is 7.16. The molecule has 0 aliphatic heterocycles. The van der Waals surface area contributed by atoms with Gasteiger partial charge in [-0.2, -0.15) is 0 Å². The minimum absolute atomic E-state index is 1.10. The molecule has 0 saturated carbocycles. The Morgan fingerprint density at radius 3 is 1.54 bits per heavy atom. The first-order chi connectivity index (χ1) is 23.8. The van der Waals surface area contributed by atoms with E-state index in [0.29, 0.717) is 0 Å². The molecule has 226 valence electrons. The smallest absolute Gasteiger partial charge is 0.0625 e. The summed E-state index contributed by atoms with van der Waals surface area (Å²) in [5, 5.41) is 5.02. The van der Waals surface area contributed by atoms with E-state index in [1.165, 1.54) is 54.8 Å². The summed E-state index contributed by atoms with van der Waals surface area (Å²) in [6.07, 6.45) is 0. The number of nitrogens with zero attached hydrogens (tertiary/aromatic N) is 2. The van der Waals surface area contributed by atoms with Gasteiger partial charge < -0.3 is 9.47 Å². The summed E-state index contributed by atoms with van der Waals surface area (Å²) in [5.74, 6) is 0. The highest BCUT2D eigenvalue weighted by Gasteiger charge is 2.20. The van der Waals surface area contributed by atoms with Crippen LogP contribution in [0.5, 0.6) is 0 Å². The summed E-state index contributed by atoms with van der Waals surface area (Å²) >= 11 is 0. The largest absolute Gasteiger partial charge is 0.311 e. The third-order valence-electron chi connectivity index (χ3n) is 9.36. The van der Waals surface area contributed by atoms with E-state index >= 15 is 0 Å². The number of rotatable bonds is 6. The average molecular weight is 613 g/mol. The van der Waals surface area contributed by atoms with Crippen LogP contribution < -0.4 is 4.90 Å². The second kappa shape index (κ2) is 11.8. The summed E-state index contributed by atoms with van der Waals surface area (Å²) in [4.78, 5) is 2.33. The van der Waals surface area contributed by atoms with Crippen molar-refractivity contribution in [3.05, 3.63) is 194 Å². The van der Waals surface area contributed by atoms with Crippen LogP contribution in [0.2, 0.25) is 0 Å². The van der Waals surface area contributed by atoms with Gasteiger partial charge in [0.2, 0.25) is 0 Å². The second-order valence-electron chi connectivity index (χ2n) is 12.2. The van der Waals surface area contributed by atoms with Gasteiger partial charge in [0.15, 0.2) is 0 Å². The third-order valence-corrected chi connectivity index (χ3v) is 9.36. The number of fused-ring (bicyclic) bond motifs is 4. The van der Waals surface area contributed by atoms with Gasteiger partial charge in [0.05, 0.1) is 11.0 Å². The fraction of sp³-hybridized carbons (Fsp3) is 0. The first-order valence-corrected chi connectivity index (χ1v) is 16.4. The average Bonchev–Trinajstić information content (AvgIpc) is 3.49. The highest BCUT2D eigenvalue weighted by molar-refractivity contribution is 6.21. The summed E-state index contributed by atoms with van der Waals surface area (Å²) in [6, 6.07) is 69.8. The Morgan fingerprint density at radius 2 is 0.854 bits per heavy atom. The number of benzene rings is 8. The molecule has 1 aromatic heterocycles. The SMILES string of the molecule is c1ccc(-c2ccc(N(c3ccccc3)c3ccc(-n4c5ccccc5c5cc6ccccc6c(-c6ccccc6)c54)cc3)cc2)cc1. The molecule has 2 heteroatoms. The Morgan fingerprint density at radius 1 is 0.354 bits per heavy atom. The molecule has 0 amide bonds. The molecule has 0 N–H and O–H groups in total. The highest BCUT2D eigenvalue weighted by Crippen LogP contribution is 2.43. The summed E-state index contributed by atoms with van der Waals surface area (Å²) in [6.45, 7) is 0. The van der Waals surface area contributed by atoms with Crippen LogP contribution in [-0.4, -0.2) is 4.57 Å². The van der Waals surface area contributed by atoms with E-state index in [2.05, 4.69) is 204 Å². The van der Waals surface area contributed by atoms with Gasteiger partial charge in [-0.25, -0.2) is 0 Å². The molecule has 0 aliphatic rings. The van der Waals surface area contributed by atoms with Crippen molar-refractivity contribution in [3.8, 4) is 27.9 Å². The van der Waals surface area contributed by atoms with Gasteiger partial charge in [-0.3, -0.25) is 0 Å². The lowest BCUT2D eigenvalue weighted by atomic mass is 9.95. The fourth-order valence-electron chi connectivity index (χ4n) is 7.16. The first-order valence-electron chi connectivity index (χ1n) is 16.4. The Labute approximate surface area is 280 Å². The van der Waals surface area contributed by atoms with Crippen molar-refractivity contribution in [1.82, 2.24) is 4.57 Å². The van der Waals surface area contributed by atoms with Crippen LogP contribution in [0.15, 0.2) is 194 Å². The van der Waals surface area contributed by atoms with Crippen molar-refractivity contribution in [2.45, 2.75) is 0 Å². The molecule has 9 rings (SSSR count). The molecule has 0 unspecified atom stereocenters. The molecule has 0 radical (unpaired) electrons. The molecule has 48 heavy (non-hydrogen) atoms. The third kappa shape index (κ3) is 4.74. The zero-order chi connectivity index (χ0) is 31.9. The van der Waals surface area contributed by atoms with E-state index in [4.69, 9.17) is 0 Å². The highest BCUT2D eigenvalue weighted by atomic mass is 15.1. The van der Waals surface area contributed by atoms with Crippen LogP contribution >= 0.6 is 0 Å². The van der Waals surface area contributed by atoms with Gasteiger partial charge in [-0.15, -0.1) is 0 Å². The lowest BCUT2D eigenvalue weighted by molar-refractivity contribution is 1.18. The van der Waals surface area contributed by atoms with Crippen LogP contribution in [-0.2, 0) is 0 Å². The predicted molar refractivity (Wildman–Crippen MR) is 204 cm³/mol. The van der Waals surface area contributed by atoms with E-state index in [1.807, 2.05) is 0 Å². The second-order valence-corrected chi connectivity index (χ2v) is 12.2. The van der Waals surface area contributed by atoms with Gasteiger partial charge in [-0.05, 0) is 88.1 Å². The number of aromatic nitrogens is 1. The van der Waals surface area contributed by atoms with Crippen molar-refractivity contribution >= 4 is 49.6 Å². The topological polar surface area (TPSA) is 8.17 Å². The summed E-state index contributed by atoms with van der Waals surface area (Å²) in [7, 11) is 0. The molecule has 1 heterocycles. The van der Waals surface area contributed by atoms with Crippen molar-refractivity contribution in [2.75, 3.05) is 4.90 Å². The number of para-hydroxylation sites is 2. The summed E-state index contributed by atoms with van der Waals surface area (Å²) < 4.78 is 2.45. The van der Waals surface area contributed by atoms with Crippen molar-refractivity contribution in [3.63, 3.8) is 0 Å². The maximum atomic E-state index is 2.45. The van der Waals surface area contributed by atoms with E-state index < -0.39 is 0 Å². The van der Waals surface area contributed by atoms with Crippen LogP contribution in [0.25, 0.3) is 60.5 Å². The van der Waals surface area contributed by atoms with E-state index in [9.17, 15) is 0 Å². The zero-order valence-electron chi connectivity index (χ0n) is 26.4. The summed E-state index contributed by atoms with van der Waals surface area (Å²) in [5.41, 5.74) is 11.8. The number of hydrogen-bond donors (Lipinski definition) is 0. The molecule has 0 aliphatic carbocycles. The van der Waals surface area contributed by atoms with E-state index in [0.717, 1.165) is 22.7 Å². The normalized spacial score (nSPS) is 11.3. The molecule has 9 aromatic rings. The standard InChI is InChI=1S/C46H32N2/c1-4-14-33(15-5-1)34-24-26-38(27-25-34)47(37-19-8-3-9-20-37)39-28-30-40(31-29-39)48-44-23-13-12-22-42(44)43-32-36-18-10-11-21-41(36)45(46(43)48)35-16-6-2-7-17-35/h1-32H. The number of hydrogen-bond acceptors (Lipinski definition) is 1. The molecular weight excluding hydrogens is 581 g/mol. The van der Waals surface area contributed by atoms with Crippen molar-refractivity contribution in [1.29, 1.82) is 0 Å². The molecule has 0 fully saturated rings. The number of anilines is 3. The molecule has 2 nitrogen and oxygen atoms in total. The van der Waals surface area contributed by atoms with Gasteiger partial charge in [-0.1, -0.05) is 133 Å². The first kappa shape index (κ1) is 27.9. The zero-order valence-corrected chi connectivity index (χ0v) is 26.4. The molecule has 0 bridgehead atoms. The van der Waals surface area contributed by atoms with Crippen LogP contribution in [0, 0.1) is 0 Å². The molecule has 8 aromatic carbocycles. The van der Waals surface area contributed by atoms with Gasteiger partial charge in [0.25, 0.3) is 0 Å². The van der Waals surface area contributed by atoms with Crippen LogP contribution in [0.4, 0.5) is 17.1 Å². The van der Waals surface area contributed by atoms with Crippen LogP contribution in [0.3, 0.4) is 0 Å². The van der Waals surface area contributed by atoms with E-state index in [-0.39, 0.29) is 0 Å². The Bertz CT molecular complexity index is 2510. The lowest BCUT2D eigenvalue weighted by Gasteiger charge is -2.26. The molecule has 0 atom stereocenters. The Balaban J connectivity index is 1.23. The monoisotopic (exact) mass is 612 g/mol. The van der Waals surface area contributed by atoms with Crippen molar-refractivity contribution < 1.29 is 0 Å². The quantitative estimate of drug-likeness (QED) is 0.181. The lowest BCUT2D eigenvalue weighted by Crippen LogP contribution is -2.10. The van der Waals surface area contributed by atoms with Gasteiger partial charge in [0.1, 0.15) is 0 Å². The van der Waals surface area contributed by atoms with Crippen molar-refractivity contribution in [2.24, 2.45) is 0 Å². The maximum Gasteiger partial charge on any atom is 0.0625 e. The molecule has 0 spiro atoms.